The van der Waals surface area contributed by atoms with E-state index in [1.54, 1.807) is 18.3 Å². The van der Waals surface area contributed by atoms with Crippen molar-refractivity contribution >= 4 is 26.6 Å². The summed E-state index contributed by atoms with van der Waals surface area (Å²) in [6.07, 6.45) is 1.70. The Morgan fingerprint density at radius 2 is 1.81 bits per heavy atom. The van der Waals surface area contributed by atoms with E-state index in [2.05, 4.69) is 9.71 Å². The summed E-state index contributed by atoms with van der Waals surface area (Å²) in [5.41, 5.74) is 3.91. The number of pyridine rings is 1. The fourth-order valence-electron chi connectivity index (χ4n) is 2.80. The van der Waals surface area contributed by atoms with Crippen LogP contribution >= 0.6 is 0 Å². The molecule has 1 aliphatic heterocycles. The summed E-state index contributed by atoms with van der Waals surface area (Å²) in [6, 6.07) is 12.9. The van der Waals surface area contributed by atoms with Crippen molar-refractivity contribution in [1.29, 1.82) is 0 Å². The molecule has 0 amide bonds. The normalized spacial score (nSPS) is 15.1. The molecular weight excluding hydrogens is 284 g/mol. The van der Waals surface area contributed by atoms with Gasteiger partial charge in [-0.3, -0.25) is 9.71 Å². The van der Waals surface area contributed by atoms with Gasteiger partial charge in [0.15, 0.2) is 0 Å². The van der Waals surface area contributed by atoms with Crippen molar-refractivity contribution in [2.24, 2.45) is 0 Å². The molecule has 0 unspecified atom stereocenters. The third-order valence-electron chi connectivity index (χ3n) is 3.83. The second kappa shape index (κ2) is 4.05. The molecule has 21 heavy (non-hydrogen) atoms. The topological polar surface area (TPSA) is 59.1 Å². The number of sulfonamides is 1. The molecule has 0 fully saturated rings. The van der Waals surface area contributed by atoms with Gasteiger partial charge in [0.2, 0.25) is 0 Å². The predicted octanol–water partition coefficient (Wildman–Crippen LogP) is 3.32. The van der Waals surface area contributed by atoms with E-state index in [1.807, 2.05) is 37.3 Å². The molecule has 3 aromatic rings. The number of rotatable bonds is 0. The van der Waals surface area contributed by atoms with Crippen molar-refractivity contribution < 1.29 is 8.42 Å². The monoisotopic (exact) mass is 296 g/mol. The lowest BCUT2D eigenvalue weighted by Gasteiger charge is -2.22. The van der Waals surface area contributed by atoms with E-state index in [4.69, 9.17) is 0 Å². The van der Waals surface area contributed by atoms with Crippen LogP contribution in [0, 0.1) is 6.92 Å². The van der Waals surface area contributed by atoms with E-state index in [1.165, 1.54) is 0 Å². The number of nitrogens with one attached hydrogen (secondary N) is 1. The largest absolute Gasteiger partial charge is 0.277 e. The van der Waals surface area contributed by atoms with E-state index >= 15 is 0 Å². The third-order valence-corrected chi connectivity index (χ3v) is 5.24. The first-order chi connectivity index (χ1) is 10.1. The zero-order valence-electron chi connectivity index (χ0n) is 11.3. The minimum atomic E-state index is -3.55. The van der Waals surface area contributed by atoms with Gasteiger partial charge >= 0.3 is 0 Å². The van der Waals surface area contributed by atoms with Gasteiger partial charge in [-0.05, 0) is 24.6 Å². The van der Waals surface area contributed by atoms with Crippen molar-refractivity contribution in [1.82, 2.24) is 4.98 Å². The summed E-state index contributed by atoms with van der Waals surface area (Å²) in [4.78, 5) is 4.68. The Morgan fingerprint density at radius 1 is 1.00 bits per heavy atom. The maximum atomic E-state index is 12.4. The number of benzene rings is 2. The molecule has 4 nitrogen and oxygen atoms in total. The van der Waals surface area contributed by atoms with Crippen molar-refractivity contribution in [2.75, 3.05) is 4.72 Å². The molecule has 1 aliphatic rings. The molecule has 1 N–H and O–H groups in total. The minimum Gasteiger partial charge on any atom is -0.277 e. The summed E-state index contributed by atoms with van der Waals surface area (Å²) in [6.45, 7) is 1.99. The Kier molecular flexibility index (Phi) is 2.38. The van der Waals surface area contributed by atoms with Crippen LogP contribution in [0.4, 0.5) is 5.69 Å². The molecule has 0 radical (unpaired) electrons. The van der Waals surface area contributed by atoms with Crippen molar-refractivity contribution in [2.45, 2.75) is 11.8 Å². The molecule has 0 spiro atoms. The highest BCUT2D eigenvalue weighted by Crippen LogP contribution is 2.42. The minimum absolute atomic E-state index is 0.310. The molecule has 5 heteroatoms. The van der Waals surface area contributed by atoms with Crippen LogP contribution in [0.25, 0.3) is 22.0 Å². The highest BCUT2D eigenvalue weighted by molar-refractivity contribution is 7.93. The maximum Gasteiger partial charge on any atom is 0.262 e. The Hall–Kier alpha value is -2.40. The molecule has 4 rings (SSSR count). The Bertz CT molecular complexity index is 994. The van der Waals surface area contributed by atoms with Crippen LogP contribution in [-0.2, 0) is 10.0 Å². The Balaban J connectivity index is 2.18. The molecule has 104 valence electrons. The van der Waals surface area contributed by atoms with Crippen LogP contribution in [0.2, 0.25) is 0 Å². The zero-order valence-corrected chi connectivity index (χ0v) is 12.1. The van der Waals surface area contributed by atoms with E-state index < -0.39 is 10.0 Å². The second-order valence-electron chi connectivity index (χ2n) is 5.11. The molecule has 0 saturated carbocycles. The Morgan fingerprint density at radius 3 is 2.67 bits per heavy atom. The first-order valence-electron chi connectivity index (χ1n) is 6.58. The second-order valence-corrected chi connectivity index (χ2v) is 6.76. The highest BCUT2D eigenvalue weighted by atomic mass is 32.2. The molecule has 1 aromatic heterocycles. The van der Waals surface area contributed by atoms with Crippen LogP contribution in [0.5, 0.6) is 0 Å². The fraction of sp³-hybridized carbons (Fsp3) is 0.0625. The van der Waals surface area contributed by atoms with Gasteiger partial charge in [-0.1, -0.05) is 30.3 Å². The maximum absolute atomic E-state index is 12.4. The average Bonchev–Trinajstić information content (AvgIpc) is 2.47. The summed E-state index contributed by atoms with van der Waals surface area (Å²) in [7, 11) is -3.55. The molecule has 2 heterocycles. The molecule has 0 atom stereocenters. The zero-order chi connectivity index (χ0) is 14.6. The van der Waals surface area contributed by atoms with Crippen LogP contribution in [-0.4, -0.2) is 13.4 Å². The van der Waals surface area contributed by atoms with Crippen LogP contribution in [0.15, 0.2) is 53.6 Å². The van der Waals surface area contributed by atoms with Crippen LogP contribution in [0.3, 0.4) is 0 Å². The van der Waals surface area contributed by atoms with Gasteiger partial charge in [-0.15, -0.1) is 0 Å². The number of aryl methyl sites for hydroxylation is 1. The third kappa shape index (κ3) is 1.67. The van der Waals surface area contributed by atoms with Crippen LogP contribution < -0.4 is 4.72 Å². The number of hydrogen-bond donors (Lipinski definition) is 1. The molecule has 0 saturated heterocycles. The number of aromatic nitrogens is 1. The van der Waals surface area contributed by atoms with Gasteiger partial charge in [0.1, 0.15) is 0 Å². The number of hydrogen-bond acceptors (Lipinski definition) is 3. The predicted molar refractivity (Wildman–Crippen MR) is 82.7 cm³/mol. The van der Waals surface area contributed by atoms with Gasteiger partial charge in [-0.25, -0.2) is 8.42 Å². The lowest BCUT2D eigenvalue weighted by molar-refractivity contribution is 0.601. The first-order valence-corrected chi connectivity index (χ1v) is 8.07. The van der Waals surface area contributed by atoms with E-state index in [-0.39, 0.29) is 0 Å². The highest BCUT2D eigenvalue weighted by Gasteiger charge is 2.28. The molecule has 2 aromatic carbocycles. The lowest BCUT2D eigenvalue weighted by atomic mass is 9.99. The summed E-state index contributed by atoms with van der Waals surface area (Å²) in [5.74, 6) is 0. The van der Waals surface area contributed by atoms with Gasteiger partial charge < -0.3 is 0 Å². The summed E-state index contributed by atoms with van der Waals surface area (Å²) < 4.78 is 27.5. The van der Waals surface area contributed by atoms with Gasteiger partial charge in [-0.2, -0.15) is 0 Å². The first kappa shape index (κ1) is 12.3. The SMILES string of the molecule is Cc1ccnc2c3c(ccc12)-c1ccccc1S(=O)(=O)N3. The van der Waals surface area contributed by atoms with Crippen molar-refractivity contribution in [3.05, 3.63) is 54.2 Å². The fourth-order valence-corrected chi connectivity index (χ4v) is 4.11. The van der Waals surface area contributed by atoms with Crippen molar-refractivity contribution in [3.8, 4) is 11.1 Å². The van der Waals surface area contributed by atoms with Crippen molar-refractivity contribution in [3.63, 3.8) is 0 Å². The molecule has 0 aliphatic carbocycles. The quantitative estimate of drug-likeness (QED) is 0.692. The molecule has 0 bridgehead atoms. The smallest absolute Gasteiger partial charge is 0.262 e. The van der Waals surface area contributed by atoms with Crippen LogP contribution in [0.1, 0.15) is 5.56 Å². The average molecular weight is 296 g/mol. The van der Waals surface area contributed by atoms with Gasteiger partial charge in [0.25, 0.3) is 10.0 Å². The van der Waals surface area contributed by atoms with E-state index in [0.29, 0.717) is 16.1 Å². The lowest BCUT2D eigenvalue weighted by Crippen LogP contribution is -2.19. The van der Waals surface area contributed by atoms with E-state index in [0.717, 1.165) is 22.1 Å². The number of anilines is 1. The standard InChI is InChI=1S/C16H12N2O2S/c1-10-8-9-17-15-11(10)6-7-13-12-4-2-3-5-14(12)21(19,20)18-16(13)15/h2-9,18H,1H3. The number of nitrogens with zero attached hydrogens (tertiary/aromatic N) is 1. The van der Waals surface area contributed by atoms with E-state index in [9.17, 15) is 8.42 Å². The Labute approximate surface area is 122 Å². The van der Waals surface area contributed by atoms with Gasteiger partial charge in [0, 0.05) is 22.7 Å². The summed E-state index contributed by atoms with van der Waals surface area (Å²) in [5, 5.41) is 0.957. The molecular formula is C16H12N2O2S. The van der Waals surface area contributed by atoms with Gasteiger partial charge in [0.05, 0.1) is 16.1 Å². The number of fused-ring (bicyclic) bond motifs is 5. The summed E-state index contributed by atoms with van der Waals surface area (Å²) >= 11 is 0.